The average Bonchev–Trinajstić information content (AvgIpc) is 2.92. The van der Waals surface area contributed by atoms with E-state index in [0.717, 1.165) is 31.9 Å². The Labute approximate surface area is 255 Å². The first-order chi connectivity index (χ1) is 19.7. The van der Waals surface area contributed by atoms with E-state index in [0.29, 0.717) is 12.8 Å². The van der Waals surface area contributed by atoms with Gasteiger partial charge in [-0.25, -0.2) is 4.18 Å². The highest BCUT2D eigenvalue weighted by molar-refractivity contribution is 7.86. The maximum atomic E-state index is 13.0. The van der Waals surface area contributed by atoms with Crippen LogP contribution in [0.4, 0.5) is 0 Å². The zero-order valence-electron chi connectivity index (χ0n) is 27.7. The molecule has 0 amide bonds. The lowest BCUT2D eigenvalue weighted by Crippen LogP contribution is -2.47. The average molecular weight is 601 g/mol. The summed E-state index contributed by atoms with van der Waals surface area (Å²) in [5.41, 5.74) is -1.89. The van der Waals surface area contributed by atoms with Crippen molar-refractivity contribution in [2.24, 2.45) is 0 Å². The molecule has 5 nitrogen and oxygen atoms in total. The molecule has 0 unspecified atom stereocenters. The number of carbonyl (C=O) groups excluding carboxylic acids is 2. The first kappa shape index (κ1) is 40.2. The molecule has 0 aliphatic heterocycles. The van der Waals surface area contributed by atoms with Crippen molar-refractivity contribution in [2.75, 3.05) is 6.26 Å². The van der Waals surface area contributed by atoms with Crippen molar-refractivity contribution in [3.63, 3.8) is 0 Å². The van der Waals surface area contributed by atoms with E-state index in [2.05, 4.69) is 13.8 Å². The second-order valence-corrected chi connectivity index (χ2v) is 14.2. The molecule has 0 saturated heterocycles. The van der Waals surface area contributed by atoms with E-state index in [1.54, 1.807) is 0 Å². The molecule has 0 bridgehead atoms. The Morgan fingerprint density at radius 3 is 0.902 bits per heavy atom. The highest BCUT2D eigenvalue weighted by Crippen LogP contribution is 2.24. The summed E-state index contributed by atoms with van der Waals surface area (Å²) in [5, 5.41) is 0. The Kier molecular flexibility index (Phi) is 26.4. The quantitative estimate of drug-likeness (QED) is 0.0436. The molecule has 0 saturated carbocycles. The van der Waals surface area contributed by atoms with Gasteiger partial charge in [-0.05, 0) is 19.8 Å². The maximum Gasteiger partial charge on any atom is 0.265 e. The molecule has 0 heterocycles. The summed E-state index contributed by atoms with van der Waals surface area (Å²) in [6.07, 6.45) is 32.8. The highest BCUT2D eigenvalue weighted by Gasteiger charge is 2.43. The molecule has 0 aromatic heterocycles. The van der Waals surface area contributed by atoms with Crippen LogP contribution in [0.1, 0.15) is 201 Å². The summed E-state index contributed by atoms with van der Waals surface area (Å²) >= 11 is 0. The largest absolute Gasteiger partial charge is 0.296 e. The topological polar surface area (TPSA) is 77.5 Å². The third-order valence-electron chi connectivity index (χ3n) is 8.40. The lowest BCUT2D eigenvalue weighted by Gasteiger charge is -2.25. The van der Waals surface area contributed by atoms with Crippen molar-refractivity contribution < 1.29 is 22.2 Å². The van der Waals surface area contributed by atoms with Crippen LogP contribution < -0.4 is 0 Å². The fourth-order valence-electron chi connectivity index (χ4n) is 5.63. The van der Waals surface area contributed by atoms with Crippen molar-refractivity contribution in [3.8, 4) is 0 Å². The van der Waals surface area contributed by atoms with Gasteiger partial charge < -0.3 is 0 Å². The van der Waals surface area contributed by atoms with Gasteiger partial charge in [-0.1, -0.05) is 168 Å². The van der Waals surface area contributed by atoms with Gasteiger partial charge in [0.15, 0.2) is 11.6 Å². The van der Waals surface area contributed by atoms with Crippen LogP contribution in [0, 0.1) is 0 Å². The standard InChI is InChI=1S/C35H68O5S/c1-5-7-9-11-13-15-17-19-21-23-25-27-29-31-33(36)35(3,40-41(4,38)39)34(37)32-30-28-26-24-22-20-18-16-14-12-10-8-6-2/h5-32H2,1-4H3. The van der Waals surface area contributed by atoms with Crippen LogP contribution in [-0.4, -0.2) is 31.8 Å². The summed E-state index contributed by atoms with van der Waals surface area (Å²) < 4.78 is 29.0. The van der Waals surface area contributed by atoms with Gasteiger partial charge in [0.05, 0.1) is 6.26 Å². The predicted octanol–water partition coefficient (Wildman–Crippen LogP) is 10.8. The fraction of sp³-hybridized carbons (Fsp3) is 0.943. The molecular formula is C35H68O5S. The van der Waals surface area contributed by atoms with E-state index in [9.17, 15) is 18.0 Å². The molecule has 0 fully saturated rings. The molecular weight excluding hydrogens is 532 g/mol. The van der Waals surface area contributed by atoms with E-state index in [-0.39, 0.29) is 12.8 Å². The van der Waals surface area contributed by atoms with Gasteiger partial charge in [0.2, 0.25) is 5.60 Å². The SMILES string of the molecule is CCCCCCCCCCCCCCCC(=O)C(C)(OS(C)(=O)=O)C(=O)CCCCCCCCCCCCCCC. The van der Waals surface area contributed by atoms with Crippen LogP contribution in [0.2, 0.25) is 0 Å². The molecule has 0 spiro atoms. The van der Waals surface area contributed by atoms with E-state index in [1.165, 1.54) is 135 Å². The maximum absolute atomic E-state index is 13.0. The Bertz CT molecular complexity index is 689. The van der Waals surface area contributed by atoms with Gasteiger partial charge in [-0.2, -0.15) is 8.42 Å². The molecule has 0 aliphatic rings. The third-order valence-corrected chi connectivity index (χ3v) is 9.03. The van der Waals surface area contributed by atoms with Crippen LogP contribution in [0.25, 0.3) is 0 Å². The molecule has 244 valence electrons. The zero-order valence-corrected chi connectivity index (χ0v) is 28.6. The first-order valence-corrected chi connectivity index (χ1v) is 19.5. The predicted molar refractivity (Wildman–Crippen MR) is 175 cm³/mol. The second kappa shape index (κ2) is 26.8. The smallest absolute Gasteiger partial charge is 0.265 e. The molecule has 0 aromatic rings. The normalized spacial score (nSPS) is 12.2. The first-order valence-electron chi connectivity index (χ1n) is 17.6. The van der Waals surface area contributed by atoms with Crippen LogP contribution in [0.15, 0.2) is 0 Å². The monoisotopic (exact) mass is 600 g/mol. The lowest BCUT2D eigenvalue weighted by molar-refractivity contribution is -0.146. The van der Waals surface area contributed by atoms with Crippen LogP contribution >= 0.6 is 0 Å². The van der Waals surface area contributed by atoms with Gasteiger partial charge in [0, 0.05) is 12.8 Å². The molecule has 0 atom stereocenters. The Morgan fingerprint density at radius 1 is 0.463 bits per heavy atom. The zero-order chi connectivity index (χ0) is 30.7. The van der Waals surface area contributed by atoms with E-state index >= 15 is 0 Å². The number of Topliss-reactive ketones (excluding diaryl/α,β-unsaturated/α-hetero) is 2. The Hall–Kier alpha value is -0.750. The number of hydrogen-bond donors (Lipinski definition) is 0. The van der Waals surface area contributed by atoms with Crippen LogP contribution in [0.3, 0.4) is 0 Å². The molecule has 0 aromatic carbocycles. The molecule has 0 rings (SSSR count). The van der Waals surface area contributed by atoms with E-state index < -0.39 is 27.3 Å². The number of ketones is 2. The lowest BCUT2D eigenvalue weighted by atomic mass is 9.89. The van der Waals surface area contributed by atoms with Crippen LogP contribution in [0.5, 0.6) is 0 Å². The summed E-state index contributed by atoms with van der Waals surface area (Å²) in [6.45, 7) is 5.86. The van der Waals surface area contributed by atoms with Crippen molar-refractivity contribution >= 4 is 21.7 Å². The Balaban J connectivity index is 4.12. The fourth-order valence-corrected chi connectivity index (χ4v) is 6.43. The minimum absolute atomic E-state index is 0.189. The minimum atomic E-state index is -3.93. The van der Waals surface area contributed by atoms with Gasteiger partial charge >= 0.3 is 0 Å². The highest BCUT2D eigenvalue weighted by atomic mass is 32.2. The minimum Gasteiger partial charge on any atom is -0.296 e. The molecule has 6 heteroatoms. The van der Waals surface area contributed by atoms with Crippen molar-refractivity contribution in [2.45, 2.75) is 206 Å². The van der Waals surface area contributed by atoms with E-state index in [1.807, 2.05) is 0 Å². The van der Waals surface area contributed by atoms with Gasteiger partial charge in [0.25, 0.3) is 10.1 Å². The van der Waals surface area contributed by atoms with Gasteiger partial charge in [-0.15, -0.1) is 0 Å². The molecule has 41 heavy (non-hydrogen) atoms. The second-order valence-electron chi connectivity index (χ2n) is 12.7. The van der Waals surface area contributed by atoms with Crippen LogP contribution in [-0.2, 0) is 23.9 Å². The van der Waals surface area contributed by atoms with E-state index in [4.69, 9.17) is 4.18 Å². The summed E-state index contributed by atoms with van der Waals surface area (Å²) in [7, 11) is -3.93. The summed E-state index contributed by atoms with van der Waals surface area (Å²) in [4.78, 5) is 26.0. The van der Waals surface area contributed by atoms with Gasteiger partial charge in [0.1, 0.15) is 0 Å². The molecule has 0 radical (unpaired) electrons. The number of unbranched alkanes of at least 4 members (excludes halogenated alkanes) is 24. The molecule has 0 N–H and O–H groups in total. The van der Waals surface area contributed by atoms with Crippen molar-refractivity contribution in [3.05, 3.63) is 0 Å². The van der Waals surface area contributed by atoms with Gasteiger partial charge in [-0.3, -0.25) is 9.59 Å². The number of carbonyl (C=O) groups is 2. The number of hydrogen-bond acceptors (Lipinski definition) is 5. The number of rotatable bonds is 32. The Morgan fingerprint density at radius 2 is 0.683 bits per heavy atom. The van der Waals surface area contributed by atoms with Crippen molar-refractivity contribution in [1.82, 2.24) is 0 Å². The van der Waals surface area contributed by atoms with Crippen molar-refractivity contribution in [1.29, 1.82) is 0 Å². The summed E-state index contributed by atoms with van der Waals surface area (Å²) in [5.74, 6) is -0.795. The molecule has 0 aliphatic carbocycles. The third kappa shape index (κ3) is 24.4. The summed E-state index contributed by atoms with van der Waals surface area (Å²) in [6, 6.07) is 0.